The normalized spacial score (nSPS) is 16.2. The molecule has 0 aromatic carbocycles. The molecule has 3 amide bonds. The van der Waals surface area contributed by atoms with E-state index in [0.29, 0.717) is 38.1 Å². The number of amides is 3. The van der Waals surface area contributed by atoms with Crippen LogP contribution in [0.25, 0.3) is 0 Å². The Morgan fingerprint density at radius 1 is 0.607 bits per heavy atom. The predicted octanol–water partition coefficient (Wildman–Crippen LogP) is 7.13. The van der Waals surface area contributed by atoms with Crippen molar-refractivity contribution in [3.63, 3.8) is 0 Å². The van der Waals surface area contributed by atoms with Crippen molar-refractivity contribution in [3.05, 3.63) is 0 Å². The zero-order chi connectivity index (χ0) is 41.4. The number of carbonyl (C=O) groups is 6. The average molecular weight is 796 g/mol. The molecule has 13 heteroatoms. The summed E-state index contributed by atoms with van der Waals surface area (Å²) in [6, 6.07) is -1.15. The van der Waals surface area contributed by atoms with E-state index < -0.39 is 23.4 Å². The minimum atomic E-state index is -1.18. The zero-order valence-corrected chi connectivity index (χ0v) is 35.1. The molecule has 1 rings (SSSR count). The molecule has 0 radical (unpaired) electrons. The van der Waals surface area contributed by atoms with E-state index in [1.54, 1.807) is 0 Å². The SMILES string of the molecule is CC(C)(C)C(=O)COCCOCCNC(=O)CC[C@H](NC(=O)C1CCC(CNC(=O)CCCCCCCCCCCCCCCCCCC(=O)O)CC1)C(=O)O. The lowest BCUT2D eigenvalue weighted by molar-refractivity contribution is -0.143. The van der Waals surface area contributed by atoms with E-state index in [-0.39, 0.29) is 75.2 Å². The number of carbonyl (C=O) groups excluding carboxylic acids is 4. The third kappa shape index (κ3) is 28.4. The lowest BCUT2D eigenvalue weighted by Crippen LogP contribution is -2.45. The molecule has 0 aliphatic heterocycles. The quantitative estimate of drug-likeness (QED) is 0.0412. The van der Waals surface area contributed by atoms with Crippen LogP contribution in [0, 0.1) is 17.3 Å². The number of unbranched alkanes of at least 4 members (excludes halogenated alkanes) is 15. The largest absolute Gasteiger partial charge is 0.481 e. The summed E-state index contributed by atoms with van der Waals surface area (Å²) < 4.78 is 10.7. The summed E-state index contributed by atoms with van der Waals surface area (Å²) in [4.78, 5) is 71.7. The summed E-state index contributed by atoms with van der Waals surface area (Å²) in [5.41, 5.74) is -0.451. The van der Waals surface area contributed by atoms with Gasteiger partial charge in [-0.1, -0.05) is 111 Å². The molecule has 1 saturated carbocycles. The molecule has 5 N–H and O–H groups in total. The molecule has 1 aliphatic carbocycles. The van der Waals surface area contributed by atoms with Crippen LogP contribution in [0.15, 0.2) is 0 Å². The molecule has 0 saturated heterocycles. The third-order valence-corrected chi connectivity index (χ3v) is 10.6. The lowest BCUT2D eigenvalue weighted by Gasteiger charge is -2.28. The van der Waals surface area contributed by atoms with Gasteiger partial charge in [0.15, 0.2) is 5.78 Å². The van der Waals surface area contributed by atoms with Gasteiger partial charge in [-0.05, 0) is 50.9 Å². The number of nitrogens with one attached hydrogen (secondary N) is 3. The Labute approximate surface area is 336 Å². The topological polar surface area (TPSA) is 197 Å². The number of carboxylic acids is 2. The summed E-state index contributed by atoms with van der Waals surface area (Å²) >= 11 is 0. The second-order valence-corrected chi connectivity index (χ2v) is 16.7. The fourth-order valence-electron chi connectivity index (χ4n) is 6.79. The van der Waals surface area contributed by atoms with Crippen LogP contribution in [-0.2, 0) is 38.2 Å². The van der Waals surface area contributed by atoms with Crippen molar-refractivity contribution in [1.29, 1.82) is 0 Å². The number of carboxylic acid groups (broad SMARTS) is 2. The zero-order valence-electron chi connectivity index (χ0n) is 35.1. The van der Waals surface area contributed by atoms with Crippen LogP contribution in [0.1, 0.15) is 175 Å². The highest BCUT2D eigenvalue weighted by Crippen LogP contribution is 2.29. The summed E-state index contributed by atoms with van der Waals surface area (Å²) in [7, 11) is 0. The number of ketones is 1. The van der Waals surface area contributed by atoms with Crippen molar-refractivity contribution in [2.45, 2.75) is 181 Å². The monoisotopic (exact) mass is 796 g/mol. The molecule has 1 fully saturated rings. The highest BCUT2D eigenvalue weighted by atomic mass is 16.5. The van der Waals surface area contributed by atoms with E-state index in [1.807, 2.05) is 20.8 Å². The Bertz CT molecular complexity index is 1120. The van der Waals surface area contributed by atoms with Crippen molar-refractivity contribution in [2.75, 3.05) is 39.5 Å². The molecule has 56 heavy (non-hydrogen) atoms. The van der Waals surface area contributed by atoms with Gasteiger partial charge in [0.1, 0.15) is 12.6 Å². The van der Waals surface area contributed by atoms with Crippen LogP contribution in [0.5, 0.6) is 0 Å². The van der Waals surface area contributed by atoms with Crippen LogP contribution >= 0.6 is 0 Å². The summed E-state index contributed by atoms with van der Waals surface area (Å²) in [5, 5.41) is 26.7. The molecule has 0 bridgehead atoms. The van der Waals surface area contributed by atoms with Crippen LogP contribution in [-0.4, -0.2) is 91.2 Å². The van der Waals surface area contributed by atoms with Gasteiger partial charge >= 0.3 is 11.9 Å². The molecule has 0 aromatic heterocycles. The van der Waals surface area contributed by atoms with E-state index in [0.717, 1.165) is 51.4 Å². The van der Waals surface area contributed by atoms with Gasteiger partial charge in [-0.3, -0.25) is 24.0 Å². The summed E-state index contributed by atoms with van der Waals surface area (Å²) in [6.07, 6.45) is 22.5. The molecule has 1 atom stereocenters. The number of Topliss-reactive ketones (excluding diaryl/α,β-unsaturated/α-hetero) is 1. The van der Waals surface area contributed by atoms with E-state index in [9.17, 15) is 33.9 Å². The molecule has 0 aromatic rings. The number of hydrogen-bond acceptors (Lipinski definition) is 8. The maximum absolute atomic E-state index is 12.9. The smallest absolute Gasteiger partial charge is 0.326 e. The Morgan fingerprint density at radius 2 is 1.09 bits per heavy atom. The molecule has 324 valence electrons. The van der Waals surface area contributed by atoms with Crippen LogP contribution in [0.4, 0.5) is 0 Å². The average Bonchev–Trinajstić information content (AvgIpc) is 3.15. The molecule has 0 spiro atoms. The first kappa shape index (κ1) is 51.0. The third-order valence-electron chi connectivity index (χ3n) is 10.6. The fourth-order valence-corrected chi connectivity index (χ4v) is 6.79. The van der Waals surface area contributed by atoms with Gasteiger partial charge in [0, 0.05) is 43.7 Å². The van der Waals surface area contributed by atoms with Crippen molar-refractivity contribution in [3.8, 4) is 0 Å². The molecule has 0 heterocycles. The van der Waals surface area contributed by atoms with Gasteiger partial charge in [0.05, 0.1) is 19.8 Å². The minimum absolute atomic E-state index is 0.00927. The summed E-state index contributed by atoms with van der Waals surface area (Å²) in [5.74, 6) is -2.38. The van der Waals surface area contributed by atoms with E-state index in [4.69, 9.17) is 14.6 Å². The molecular formula is C43H77N3O10. The number of aliphatic carboxylic acids is 2. The molecule has 1 aliphatic rings. The van der Waals surface area contributed by atoms with Crippen molar-refractivity contribution in [2.24, 2.45) is 17.3 Å². The number of ether oxygens (including phenoxy) is 2. The minimum Gasteiger partial charge on any atom is -0.481 e. The van der Waals surface area contributed by atoms with E-state index in [2.05, 4.69) is 16.0 Å². The molecule has 0 unspecified atom stereocenters. The predicted molar refractivity (Wildman–Crippen MR) is 217 cm³/mol. The van der Waals surface area contributed by atoms with Crippen molar-refractivity contribution in [1.82, 2.24) is 16.0 Å². The Kier molecular flexibility index (Phi) is 29.1. The highest BCUT2D eigenvalue weighted by molar-refractivity contribution is 5.86. The lowest BCUT2D eigenvalue weighted by atomic mass is 9.81. The maximum atomic E-state index is 12.9. The number of hydrogen-bond donors (Lipinski definition) is 5. The first-order valence-corrected chi connectivity index (χ1v) is 21.8. The standard InChI is InChI=1S/C43H77N3O10/c1-43(2,3)37(47)33-56-31-30-55-29-28-44-39(49)27-26-36(42(53)54)46-41(52)35-24-22-34(23-25-35)32-45-38(48)20-18-16-14-12-10-8-6-4-5-7-9-11-13-15-17-19-21-40(50)51/h34-36H,4-33H2,1-3H3,(H,44,49)(H,45,48)(H,46,52)(H,50,51)(H,53,54)/t34?,35?,36-/m0/s1. The van der Waals surface area contributed by atoms with Gasteiger partial charge < -0.3 is 35.6 Å². The van der Waals surface area contributed by atoms with Gasteiger partial charge in [-0.15, -0.1) is 0 Å². The summed E-state index contributed by atoms with van der Waals surface area (Å²) in [6.45, 7) is 7.17. The van der Waals surface area contributed by atoms with Crippen LogP contribution < -0.4 is 16.0 Å². The van der Waals surface area contributed by atoms with Gasteiger partial charge in [0.2, 0.25) is 17.7 Å². The highest BCUT2D eigenvalue weighted by Gasteiger charge is 2.30. The first-order chi connectivity index (χ1) is 26.8. The van der Waals surface area contributed by atoms with E-state index in [1.165, 1.54) is 64.2 Å². The Balaban J connectivity index is 2.02. The van der Waals surface area contributed by atoms with Gasteiger partial charge in [0.25, 0.3) is 0 Å². The van der Waals surface area contributed by atoms with Gasteiger partial charge in [-0.25, -0.2) is 4.79 Å². The van der Waals surface area contributed by atoms with Crippen molar-refractivity contribution >= 4 is 35.4 Å². The van der Waals surface area contributed by atoms with Gasteiger partial charge in [-0.2, -0.15) is 0 Å². The second-order valence-electron chi connectivity index (χ2n) is 16.7. The Morgan fingerprint density at radius 3 is 1.59 bits per heavy atom. The Hall–Kier alpha value is -3.06. The van der Waals surface area contributed by atoms with Crippen LogP contribution in [0.2, 0.25) is 0 Å². The maximum Gasteiger partial charge on any atom is 0.326 e. The first-order valence-electron chi connectivity index (χ1n) is 21.8. The van der Waals surface area contributed by atoms with Crippen molar-refractivity contribution < 1.29 is 48.5 Å². The fraction of sp³-hybridized carbons (Fsp3) is 0.860. The van der Waals surface area contributed by atoms with Crippen LogP contribution in [0.3, 0.4) is 0 Å². The molecule has 13 nitrogen and oxygen atoms in total. The second kappa shape index (κ2) is 32.0. The van der Waals surface area contributed by atoms with E-state index >= 15 is 0 Å². The number of rotatable bonds is 35. The molecular weight excluding hydrogens is 718 g/mol.